The average molecular weight is 243 g/mol. The number of hydrogen-bond donors (Lipinski definition) is 1. The fraction of sp³-hybridized carbons (Fsp3) is 0.429. The highest BCUT2D eigenvalue weighted by Gasteiger charge is 2.31. The van der Waals surface area contributed by atoms with Crippen LogP contribution in [0.2, 0.25) is 5.02 Å². The summed E-state index contributed by atoms with van der Waals surface area (Å²) in [4.78, 5) is 10.9. The molecule has 0 atom stereocenters. The number of halogens is 4. The Morgan fingerprint density at radius 3 is 2.60 bits per heavy atom. The van der Waals surface area contributed by atoms with Gasteiger partial charge in [0.1, 0.15) is 5.69 Å². The summed E-state index contributed by atoms with van der Waals surface area (Å²) in [5.41, 5.74) is -1.24. The van der Waals surface area contributed by atoms with Gasteiger partial charge in [-0.2, -0.15) is 18.3 Å². The van der Waals surface area contributed by atoms with Crippen molar-refractivity contribution in [1.29, 1.82) is 0 Å². The van der Waals surface area contributed by atoms with Crippen molar-refractivity contribution >= 4 is 11.6 Å². The van der Waals surface area contributed by atoms with E-state index >= 15 is 0 Å². The standard InChI is InChI=1S/C7H6ClF3N2O2/c1-15-5-3(2-7(9,10)11)12-13-6(14)4(5)8/h2H2,1H3,(H,13,14). The predicted octanol–water partition coefficient (Wildman–Crippen LogP) is 1.54. The number of H-pyrrole nitrogens is 1. The normalized spacial score (nSPS) is 11.5. The van der Waals surface area contributed by atoms with E-state index < -0.39 is 28.9 Å². The van der Waals surface area contributed by atoms with E-state index in [2.05, 4.69) is 9.84 Å². The van der Waals surface area contributed by atoms with Crippen LogP contribution in [-0.2, 0) is 6.42 Å². The van der Waals surface area contributed by atoms with Crippen LogP contribution in [0.5, 0.6) is 5.75 Å². The molecule has 15 heavy (non-hydrogen) atoms. The van der Waals surface area contributed by atoms with Crippen molar-refractivity contribution in [2.45, 2.75) is 12.6 Å². The van der Waals surface area contributed by atoms with Crippen molar-refractivity contribution in [3.05, 3.63) is 21.1 Å². The topological polar surface area (TPSA) is 55.0 Å². The Morgan fingerprint density at radius 1 is 1.53 bits per heavy atom. The number of nitrogens with one attached hydrogen (secondary N) is 1. The molecular formula is C7H6ClF3N2O2. The average Bonchev–Trinajstić information content (AvgIpc) is 2.10. The molecular weight excluding hydrogens is 237 g/mol. The molecule has 1 aromatic heterocycles. The molecule has 0 aromatic carbocycles. The van der Waals surface area contributed by atoms with Crippen molar-refractivity contribution in [2.24, 2.45) is 0 Å². The van der Waals surface area contributed by atoms with E-state index in [0.717, 1.165) is 7.11 Å². The zero-order valence-electron chi connectivity index (χ0n) is 7.48. The first-order valence-electron chi connectivity index (χ1n) is 3.73. The second-order valence-electron chi connectivity index (χ2n) is 2.64. The molecule has 0 aliphatic heterocycles. The molecule has 0 fully saturated rings. The molecule has 0 saturated carbocycles. The minimum atomic E-state index is -4.44. The second-order valence-corrected chi connectivity index (χ2v) is 3.02. The number of aromatic amines is 1. The molecule has 0 aliphatic carbocycles. The summed E-state index contributed by atoms with van der Waals surface area (Å²) in [5, 5.41) is 4.64. The maximum atomic E-state index is 12.1. The zero-order valence-corrected chi connectivity index (χ0v) is 8.24. The van der Waals surface area contributed by atoms with E-state index in [0.29, 0.717) is 0 Å². The lowest BCUT2D eigenvalue weighted by Gasteiger charge is -2.09. The van der Waals surface area contributed by atoms with Gasteiger partial charge in [-0.3, -0.25) is 4.79 Å². The van der Waals surface area contributed by atoms with Crippen LogP contribution < -0.4 is 10.3 Å². The lowest BCUT2D eigenvalue weighted by Crippen LogP contribution is -2.18. The number of nitrogens with zero attached hydrogens (tertiary/aromatic N) is 1. The summed E-state index contributed by atoms with van der Waals surface area (Å²) < 4.78 is 40.8. The van der Waals surface area contributed by atoms with Crippen LogP contribution >= 0.6 is 11.6 Å². The highest BCUT2D eigenvalue weighted by atomic mass is 35.5. The van der Waals surface area contributed by atoms with E-state index in [-0.39, 0.29) is 5.75 Å². The predicted molar refractivity (Wildman–Crippen MR) is 46.2 cm³/mol. The molecule has 0 aliphatic rings. The van der Waals surface area contributed by atoms with Gasteiger partial charge in [0.15, 0.2) is 10.8 Å². The van der Waals surface area contributed by atoms with Crippen LogP contribution in [0.25, 0.3) is 0 Å². The molecule has 8 heteroatoms. The van der Waals surface area contributed by atoms with E-state index in [4.69, 9.17) is 11.6 Å². The summed E-state index contributed by atoms with van der Waals surface area (Å²) in [6, 6.07) is 0. The first-order valence-corrected chi connectivity index (χ1v) is 4.10. The molecule has 1 heterocycles. The van der Waals surface area contributed by atoms with Gasteiger partial charge in [-0.25, -0.2) is 5.10 Å². The molecule has 84 valence electrons. The van der Waals surface area contributed by atoms with Crippen molar-refractivity contribution in [3.8, 4) is 5.75 Å². The number of hydrogen-bond acceptors (Lipinski definition) is 3. The summed E-state index contributed by atoms with van der Waals surface area (Å²) in [6.07, 6.45) is -5.76. The SMILES string of the molecule is COc1c(CC(F)(F)F)n[nH]c(=O)c1Cl. The van der Waals surface area contributed by atoms with Crippen LogP contribution in [0.3, 0.4) is 0 Å². The number of rotatable bonds is 2. The number of ether oxygens (including phenoxy) is 1. The highest BCUT2D eigenvalue weighted by Crippen LogP contribution is 2.28. The van der Waals surface area contributed by atoms with E-state index in [1.54, 1.807) is 0 Å². The van der Waals surface area contributed by atoms with Crippen molar-refractivity contribution < 1.29 is 17.9 Å². The van der Waals surface area contributed by atoms with Gasteiger partial charge in [-0.05, 0) is 0 Å². The summed E-state index contributed by atoms with van der Waals surface area (Å²) in [6.45, 7) is 0. The van der Waals surface area contributed by atoms with E-state index in [9.17, 15) is 18.0 Å². The first-order chi connectivity index (χ1) is 6.85. The summed E-state index contributed by atoms with van der Waals surface area (Å²) in [5.74, 6) is -0.349. The Kier molecular flexibility index (Phi) is 3.23. The van der Waals surface area contributed by atoms with Gasteiger partial charge in [-0.1, -0.05) is 11.6 Å². The molecule has 1 N–H and O–H groups in total. The quantitative estimate of drug-likeness (QED) is 0.856. The number of methoxy groups -OCH3 is 1. The van der Waals surface area contributed by atoms with Crippen LogP contribution in [0.1, 0.15) is 5.69 Å². The molecule has 0 amide bonds. The third-order valence-corrected chi connectivity index (χ3v) is 1.87. The van der Waals surface area contributed by atoms with Gasteiger partial charge in [0.25, 0.3) is 5.56 Å². The van der Waals surface area contributed by atoms with Crippen LogP contribution in [0.4, 0.5) is 13.2 Å². The highest BCUT2D eigenvalue weighted by molar-refractivity contribution is 6.31. The van der Waals surface area contributed by atoms with E-state index in [1.165, 1.54) is 0 Å². The summed E-state index contributed by atoms with van der Waals surface area (Å²) >= 11 is 5.45. The minimum Gasteiger partial charge on any atom is -0.493 e. The van der Waals surface area contributed by atoms with Gasteiger partial charge in [0, 0.05) is 0 Å². The Bertz CT molecular complexity index is 416. The Balaban J connectivity index is 3.20. The fourth-order valence-electron chi connectivity index (χ4n) is 0.965. The Morgan fingerprint density at radius 2 is 2.13 bits per heavy atom. The van der Waals surface area contributed by atoms with Gasteiger partial charge in [-0.15, -0.1) is 0 Å². The molecule has 0 saturated heterocycles. The van der Waals surface area contributed by atoms with Gasteiger partial charge in [0.2, 0.25) is 0 Å². The van der Waals surface area contributed by atoms with Crippen molar-refractivity contribution in [3.63, 3.8) is 0 Å². The smallest absolute Gasteiger partial charge is 0.394 e. The fourth-order valence-corrected chi connectivity index (χ4v) is 1.19. The molecule has 0 unspecified atom stereocenters. The molecule has 0 bridgehead atoms. The molecule has 1 rings (SSSR count). The third-order valence-electron chi connectivity index (χ3n) is 1.53. The monoisotopic (exact) mass is 242 g/mol. The lowest BCUT2D eigenvalue weighted by molar-refractivity contribution is -0.128. The Labute approximate surface area is 87.0 Å². The van der Waals surface area contributed by atoms with Crippen molar-refractivity contribution in [1.82, 2.24) is 10.2 Å². The first kappa shape index (κ1) is 11.8. The molecule has 4 nitrogen and oxygen atoms in total. The van der Waals surface area contributed by atoms with Crippen LogP contribution in [0.15, 0.2) is 4.79 Å². The molecule has 0 radical (unpaired) electrons. The van der Waals surface area contributed by atoms with Gasteiger partial charge >= 0.3 is 6.18 Å². The van der Waals surface area contributed by atoms with Crippen LogP contribution in [-0.4, -0.2) is 23.5 Å². The zero-order chi connectivity index (χ0) is 11.6. The lowest BCUT2D eigenvalue weighted by atomic mass is 10.2. The Hall–Kier alpha value is -1.24. The van der Waals surface area contributed by atoms with Gasteiger partial charge < -0.3 is 4.74 Å². The third kappa shape index (κ3) is 2.85. The van der Waals surface area contributed by atoms with E-state index in [1.807, 2.05) is 5.10 Å². The number of aromatic nitrogens is 2. The second kappa shape index (κ2) is 4.09. The van der Waals surface area contributed by atoms with Crippen LogP contribution in [0, 0.1) is 0 Å². The molecule has 0 spiro atoms. The minimum absolute atomic E-state index is 0.349. The summed E-state index contributed by atoms with van der Waals surface area (Å²) in [7, 11) is 1.11. The molecule has 1 aromatic rings. The maximum absolute atomic E-state index is 12.1. The maximum Gasteiger partial charge on any atom is 0.394 e. The largest absolute Gasteiger partial charge is 0.493 e. The number of alkyl halides is 3. The van der Waals surface area contributed by atoms with Crippen molar-refractivity contribution in [2.75, 3.05) is 7.11 Å². The van der Waals surface area contributed by atoms with Gasteiger partial charge in [0.05, 0.1) is 13.5 Å².